The lowest BCUT2D eigenvalue weighted by Crippen LogP contribution is -2.08. The molecule has 96 valence electrons. The Kier molecular flexibility index (Phi) is 3.91. The molecule has 2 rings (SSSR count). The molecule has 0 aliphatic heterocycles. The summed E-state index contributed by atoms with van der Waals surface area (Å²) < 4.78 is 15.6. The van der Waals surface area contributed by atoms with Crippen molar-refractivity contribution in [1.29, 1.82) is 0 Å². The molecule has 4 nitrogen and oxygen atoms in total. The van der Waals surface area contributed by atoms with Gasteiger partial charge in [-0.25, -0.2) is 14.4 Å². The van der Waals surface area contributed by atoms with E-state index in [9.17, 15) is 4.39 Å². The predicted molar refractivity (Wildman–Crippen MR) is 67.4 cm³/mol. The van der Waals surface area contributed by atoms with Gasteiger partial charge in [0, 0.05) is 24.6 Å². The van der Waals surface area contributed by atoms with E-state index in [1.165, 1.54) is 10.9 Å². The van der Waals surface area contributed by atoms with E-state index in [2.05, 4.69) is 15.1 Å². The molecule has 18 heavy (non-hydrogen) atoms. The first-order valence-electron chi connectivity index (χ1n) is 5.85. The van der Waals surface area contributed by atoms with E-state index in [4.69, 9.17) is 11.6 Å². The summed E-state index contributed by atoms with van der Waals surface area (Å²) >= 11 is 5.68. The van der Waals surface area contributed by atoms with Crippen molar-refractivity contribution in [3.63, 3.8) is 0 Å². The summed E-state index contributed by atoms with van der Waals surface area (Å²) in [5.74, 6) is 1.22. The third-order valence-electron chi connectivity index (χ3n) is 2.65. The van der Waals surface area contributed by atoms with E-state index in [1.54, 1.807) is 6.07 Å². The van der Waals surface area contributed by atoms with Crippen molar-refractivity contribution in [3.05, 3.63) is 35.3 Å². The van der Waals surface area contributed by atoms with Gasteiger partial charge in [-0.3, -0.25) is 0 Å². The monoisotopic (exact) mass is 268 g/mol. The minimum atomic E-state index is -0.435. The summed E-state index contributed by atoms with van der Waals surface area (Å²) in [5.41, 5.74) is 0.414. The molecule has 2 aromatic heterocycles. The molecule has 0 amide bonds. The second-order valence-corrected chi connectivity index (χ2v) is 4.07. The summed E-state index contributed by atoms with van der Waals surface area (Å²) in [6, 6.07) is 1.56. The Morgan fingerprint density at radius 3 is 2.72 bits per heavy atom. The molecule has 0 aliphatic carbocycles. The Morgan fingerprint density at radius 1 is 1.33 bits per heavy atom. The Hall–Kier alpha value is -1.49. The molecule has 0 N–H and O–H groups in total. The largest absolute Gasteiger partial charge is 0.234 e. The molecule has 0 aromatic carbocycles. The van der Waals surface area contributed by atoms with Crippen LogP contribution in [0.2, 0.25) is 0 Å². The van der Waals surface area contributed by atoms with Crippen LogP contribution in [0.15, 0.2) is 12.3 Å². The SMILES string of the molecule is CCc1nc(CC)n(-c2nccc(CCl)c2F)n1. The number of alkyl halides is 1. The van der Waals surface area contributed by atoms with Crippen LogP contribution in [0.4, 0.5) is 4.39 Å². The van der Waals surface area contributed by atoms with Crippen LogP contribution in [0.1, 0.15) is 31.1 Å². The number of pyridine rings is 1. The van der Waals surface area contributed by atoms with Crippen LogP contribution in [-0.4, -0.2) is 19.7 Å². The molecule has 0 aliphatic rings. The Labute approximate surface area is 110 Å². The van der Waals surface area contributed by atoms with Crippen LogP contribution < -0.4 is 0 Å². The number of rotatable bonds is 4. The van der Waals surface area contributed by atoms with Crippen LogP contribution in [0.3, 0.4) is 0 Å². The molecule has 0 atom stereocenters. The summed E-state index contributed by atoms with van der Waals surface area (Å²) in [6.07, 6.45) is 2.90. The summed E-state index contributed by atoms with van der Waals surface area (Å²) in [4.78, 5) is 8.37. The van der Waals surface area contributed by atoms with Gasteiger partial charge in [-0.2, -0.15) is 4.68 Å². The van der Waals surface area contributed by atoms with Gasteiger partial charge in [0.1, 0.15) is 5.82 Å². The lowest BCUT2D eigenvalue weighted by atomic mass is 10.3. The average molecular weight is 269 g/mol. The standard InChI is InChI=1S/C12H14ClFN4/c1-3-9-16-10(4-2)18(17-9)12-11(14)8(7-13)5-6-15-12/h5-6H,3-4,7H2,1-2H3. The molecular weight excluding hydrogens is 255 g/mol. The topological polar surface area (TPSA) is 43.6 Å². The Balaban J connectivity index is 2.57. The number of aryl methyl sites for hydroxylation is 2. The maximum Gasteiger partial charge on any atom is 0.191 e. The number of nitrogens with zero attached hydrogens (tertiary/aromatic N) is 4. The Bertz CT molecular complexity index is 553. The Morgan fingerprint density at radius 2 is 2.11 bits per heavy atom. The van der Waals surface area contributed by atoms with Gasteiger partial charge in [0.05, 0.1) is 5.88 Å². The molecule has 0 saturated carbocycles. The summed E-state index contributed by atoms with van der Waals surface area (Å²) in [6.45, 7) is 3.90. The highest BCUT2D eigenvalue weighted by atomic mass is 35.5. The zero-order valence-electron chi connectivity index (χ0n) is 10.3. The van der Waals surface area contributed by atoms with E-state index in [0.29, 0.717) is 30.1 Å². The number of hydrogen-bond acceptors (Lipinski definition) is 3. The average Bonchev–Trinajstić information content (AvgIpc) is 2.82. The van der Waals surface area contributed by atoms with Crippen molar-refractivity contribution in [3.8, 4) is 5.82 Å². The van der Waals surface area contributed by atoms with Crippen molar-refractivity contribution in [2.75, 3.05) is 0 Å². The normalized spacial score (nSPS) is 10.9. The lowest BCUT2D eigenvalue weighted by molar-refractivity contribution is 0.584. The van der Waals surface area contributed by atoms with E-state index < -0.39 is 5.82 Å². The lowest BCUT2D eigenvalue weighted by Gasteiger charge is -2.06. The summed E-state index contributed by atoms with van der Waals surface area (Å²) in [5, 5.41) is 4.27. The maximum absolute atomic E-state index is 14.2. The van der Waals surface area contributed by atoms with Gasteiger partial charge in [-0.1, -0.05) is 13.8 Å². The van der Waals surface area contributed by atoms with E-state index in [0.717, 1.165) is 0 Å². The fraction of sp³-hybridized carbons (Fsp3) is 0.417. The molecule has 6 heteroatoms. The van der Waals surface area contributed by atoms with Crippen LogP contribution in [-0.2, 0) is 18.7 Å². The molecule has 2 aromatic rings. The molecule has 0 unspecified atom stereocenters. The highest BCUT2D eigenvalue weighted by Gasteiger charge is 2.16. The number of hydrogen-bond donors (Lipinski definition) is 0. The van der Waals surface area contributed by atoms with Crippen LogP contribution in [0.25, 0.3) is 5.82 Å². The second-order valence-electron chi connectivity index (χ2n) is 3.80. The van der Waals surface area contributed by atoms with E-state index in [1.807, 2.05) is 13.8 Å². The molecule has 0 spiro atoms. The van der Waals surface area contributed by atoms with Gasteiger partial charge in [0.15, 0.2) is 17.5 Å². The van der Waals surface area contributed by atoms with Gasteiger partial charge in [0.2, 0.25) is 0 Å². The summed E-state index contributed by atoms with van der Waals surface area (Å²) in [7, 11) is 0. The molecule has 0 fully saturated rings. The van der Waals surface area contributed by atoms with E-state index >= 15 is 0 Å². The van der Waals surface area contributed by atoms with Gasteiger partial charge in [0.25, 0.3) is 0 Å². The molecule has 0 bridgehead atoms. The first-order chi connectivity index (χ1) is 8.71. The molecule has 0 radical (unpaired) electrons. The fourth-order valence-electron chi connectivity index (χ4n) is 1.66. The highest BCUT2D eigenvalue weighted by molar-refractivity contribution is 6.17. The first-order valence-corrected chi connectivity index (χ1v) is 6.39. The molecule has 0 saturated heterocycles. The van der Waals surface area contributed by atoms with E-state index in [-0.39, 0.29) is 11.7 Å². The first kappa shape index (κ1) is 13.0. The van der Waals surface area contributed by atoms with Crippen LogP contribution in [0, 0.1) is 5.82 Å². The highest BCUT2D eigenvalue weighted by Crippen LogP contribution is 2.17. The predicted octanol–water partition coefficient (Wildman–Crippen LogP) is 2.67. The van der Waals surface area contributed by atoms with Crippen LogP contribution >= 0.6 is 11.6 Å². The smallest absolute Gasteiger partial charge is 0.191 e. The van der Waals surface area contributed by atoms with Gasteiger partial charge < -0.3 is 0 Å². The third-order valence-corrected chi connectivity index (χ3v) is 2.93. The number of halogens is 2. The van der Waals surface area contributed by atoms with Gasteiger partial charge in [-0.05, 0) is 6.07 Å². The minimum absolute atomic E-state index is 0.109. The van der Waals surface area contributed by atoms with Crippen molar-refractivity contribution < 1.29 is 4.39 Å². The van der Waals surface area contributed by atoms with Crippen molar-refractivity contribution in [2.45, 2.75) is 32.6 Å². The quantitative estimate of drug-likeness (QED) is 0.801. The van der Waals surface area contributed by atoms with Crippen molar-refractivity contribution >= 4 is 11.6 Å². The van der Waals surface area contributed by atoms with Gasteiger partial charge in [-0.15, -0.1) is 16.7 Å². The second kappa shape index (κ2) is 5.44. The third kappa shape index (κ3) is 2.22. The van der Waals surface area contributed by atoms with Crippen molar-refractivity contribution in [2.24, 2.45) is 0 Å². The maximum atomic E-state index is 14.2. The molecule has 2 heterocycles. The number of aromatic nitrogens is 4. The van der Waals surface area contributed by atoms with Crippen LogP contribution in [0.5, 0.6) is 0 Å². The minimum Gasteiger partial charge on any atom is -0.234 e. The van der Waals surface area contributed by atoms with Gasteiger partial charge >= 0.3 is 0 Å². The zero-order valence-corrected chi connectivity index (χ0v) is 11.1. The fourth-order valence-corrected chi connectivity index (χ4v) is 1.87. The van der Waals surface area contributed by atoms with Crippen molar-refractivity contribution in [1.82, 2.24) is 19.7 Å². The molecular formula is C12H14ClFN4. The zero-order chi connectivity index (χ0) is 13.1.